The lowest BCUT2D eigenvalue weighted by atomic mass is 9.69. The van der Waals surface area contributed by atoms with E-state index in [4.69, 9.17) is 0 Å². The Balaban J connectivity index is 0.876. The Morgan fingerprint density at radius 3 is 1.41 bits per heavy atom. The molecule has 2 aliphatic rings. The van der Waals surface area contributed by atoms with Crippen LogP contribution in [0.3, 0.4) is 0 Å². The standard InChI is InChI=1S/C58H51N/c1-57(2)28-30-59-31-29-58(3,4)55-38-44(37-54(57)56(55)59)17-16-42-19-23-48-32-40(18-22-49(48)34-42)14-15-41-20-24-51-35-43(21-25-50(51)33-41)36-53(46-11-6-5-7-12-46)52-27-26-45-10-8-9-13-47(45)39-52/h5-27,32-39H,28-31H2,1-4H3/b15-14+,17-16+,53-36-. The highest BCUT2D eigenvalue weighted by atomic mass is 15.2. The topological polar surface area (TPSA) is 3.24 Å². The first-order valence-electron chi connectivity index (χ1n) is 21.3. The third kappa shape index (κ3) is 7.32. The van der Waals surface area contributed by atoms with Gasteiger partial charge in [-0.05, 0) is 160 Å². The van der Waals surface area contributed by atoms with E-state index in [-0.39, 0.29) is 10.8 Å². The van der Waals surface area contributed by atoms with Gasteiger partial charge in [0.25, 0.3) is 0 Å². The normalized spacial score (nSPS) is 16.1. The summed E-state index contributed by atoms with van der Waals surface area (Å²) >= 11 is 0. The molecule has 0 saturated heterocycles. The molecule has 0 unspecified atom stereocenters. The molecule has 59 heavy (non-hydrogen) atoms. The van der Waals surface area contributed by atoms with Crippen molar-refractivity contribution in [3.8, 4) is 0 Å². The summed E-state index contributed by atoms with van der Waals surface area (Å²) in [5.41, 5.74) is 14.7. The summed E-state index contributed by atoms with van der Waals surface area (Å²) < 4.78 is 0. The first kappa shape index (κ1) is 36.9. The van der Waals surface area contributed by atoms with Crippen molar-refractivity contribution in [2.24, 2.45) is 0 Å². The van der Waals surface area contributed by atoms with Crippen molar-refractivity contribution in [2.45, 2.75) is 51.4 Å². The lowest BCUT2D eigenvalue weighted by molar-refractivity contribution is 0.401. The molecule has 2 heterocycles. The number of hydrogen-bond donors (Lipinski definition) is 0. The smallest absolute Gasteiger partial charge is 0.0442 e. The predicted octanol–water partition coefficient (Wildman–Crippen LogP) is 15.2. The molecule has 10 rings (SSSR count). The van der Waals surface area contributed by atoms with Crippen LogP contribution < -0.4 is 4.90 Å². The van der Waals surface area contributed by atoms with Gasteiger partial charge in [0.15, 0.2) is 0 Å². The Bertz CT molecular complexity index is 2950. The number of benzene rings is 8. The van der Waals surface area contributed by atoms with Crippen molar-refractivity contribution >= 4 is 74.0 Å². The predicted molar refractivity (Wildman–Crippen MR) is 257 cm³/mol. The monoisotopic (exact) mass is 761 g/mol. The average Bonchev–Trinajstić information content (AvgIpc) is 3.26. The van der Waals surface area contributed by atoms with Crippen molar-refractivity contribution < 1.29 is 0 Å². The Hall–Kier alpha value is -6.44. The number of hydrogen-bond acceptors (Lipinski definition) is 1. The number of anilines is 1. The van der Waals surface area contributed by atoms with Gasteiger partial charge in [-0.15, -0.1) is 0 Å². The van der Waals surface area contributed by atoms with Crippen molar-refractivity contribution in [1.82, 2.24) is 0 Å². The molecule has 8 aromatic carbocycles. The first-order chi connectivity index (χ1) is 28.6. The number of rotatable bonds is 7. The highest BCUT2D eigenvalue weighted by Crippen LogP contribution is 2.49. The highest BCUT2D eigenvalue weighted by Gasteiger charge is 2.39. The summed E-state index contributed by atoms with van der Waals surface area (Å²) in [4.78, 5) is 2.65. The molecular weight excluding hydrogens is 711 g/mol. The maximum Gasteiger partial charge on any atom is 0.0442 e. The van der Waals surface area contributed by atoms with Gasteiger partial charge in [-0.3, -0.25) is 0 Å². The van der Waals surface area contributed by atoms with Crippen LogP contribution in [0.25, 0.3) is 68.3 Å². The van der Waals surface area contributed by atoms with Crippen LogP contribution in [0.2, 0.25) is 0 Å². The molecule has 0 aromatic heterocycles. The van der Waals surface area contributed by atoms with E-state index in [2.05, 4.69) is 221 Å². The molecule has 0 fully saturated rings. The zero-order valence-electron chi connectivity index (χ0n) is 34.7. The van der Waals surface area contributed by atoms with Crippen LogP contribution in [0, 0.1) is 0 Å². The van der Waals surface area contributed by atoms with Gasteiger partial charge in [-0.1, -0.05) is 167 Å². The Morgan fingerprint density at radius 2 is 0.847 bits per heavy atom. The molecule has 288 valence electrons. The van der Waals surface area contributed by atoms with Gasteiger partial charge < -0.3 is 4.90 Å². The second-order valence-electron chi connectivity index (χ2n) is 18.1. The second kappa shape index (κ2) is 14.7. The molecular formula is C58H51N. The summed E-state index contributed by atoms with van der Waals surface area (Å²) in [6.07, 6.45) is 13.8. The molecule has 2 aliphatic heterocycles. The maximum atomic E-state index is 2.65. The Labute approximate surface area is 349 Å². The molecule has 0 amide bonds. The molecule has 0 saturated carbocycles. The largest absolute Gasteiger partial charge is 0.371 e. The fourth-order valence-corrected chi connectivity index (χ4v) is 9.38. The second-order valence-corrected chi connectivity index (χ2v) is 18.1. The summed E-state index contributed by atoms with van der Waals surface area (Å²) in [6.45, 7) is 12.0. The molecule has 8 aromatic rings. The van der Waals surface area contributed by atoms with E-state index in [1.54, 1.807) is 0 Å². The third-order valence-corrected chi connectivity index (χ3v) is 13.1. The van der Waals surface area contributed by atoms with E-state index >= 15 is 0 Å². The van der Waals surface area contributed by atoms with Crippen molar-refractivity contribution in [3.63, 3.8) is 0 Å². The molecule has 0 bridgehead atoms. The molecule has 1 heteroatoms. The summed E-state index contributed by atoms with van der Waals surface area (Å²) in [5, 5.41) is 7.49. The minimum Gasteiger partial charge on any atom is -0.371 e. The first-order valence-corrected chi connectivity index (χ1v) is 21.3. The van der Waals surface area contributed by atoms with E-state index in [0.717, 1.165) is 0 Å². The fourth-order valence-electron chi connectivity index (χ4n) is 9.38. The van der Waals surface area contributed by atoms with Crippen LogP contribution in [-0.4, -0.2) is 13.1 Å². The van der Waals surface area contributed by atoms with Crippen LogP contribution in [0.4, 0.5) is 5.69 Å². The van der Waals surface area contributed by atoms with Gasteiger partial charge in [0.1, 0.15) is 0 Å². The molecule has 1 nitrogen and oxygen atoms in total. The van der Waals surface area contributed by atoms with E-state index in [1.807, 2.05) is 0 Å². The van der Waals surface area contributed by atoms with Crippen molar-refractivity contribution in [1.29, 1.82) is 0 Å². The average molecular weight is 762 g/mol. The fraction of sp³-hybridized carbons (Fsp3) is 0.172. The highest BCUT2D eigenvalue weighted by molar-refractivity contribution is 5.97. The molecule has 0 spiro atoms. The van der Waals surface area contributed by atoms with Crippen LogP contribution in [0.5, 0.6) is 0 Å². The van der Waals surface area contributed by atoms with Gasteiger partial charge >= 0.3 is 0 Å². The van der Waals surface area contributed by atoms with E-state index in [0.29, 0.717) is 0 Å². The minimum absolute atomic E-state index is 0.191. The Morgan fingerprint density at radius 1 is 0.407 bits per heavy atom. The van der Waals surface area contributed by atoms with Gasteiger partial charge in [0.05, 0.1) is 0 Å². The zero-order valence-corrected chi connectivity index (χ0v) is 34.7. The molecule has 0 N–H and O–H groups in total. The van der Waals surface area contributed by atoms with Gasteiger partial charge in [0.2, 0.25) is 0 Å². The molecule has 0 aliphatic carbocycles. The van der Waals surface area contributed by atoms with Gasteiger partial charge in [-0.2, -0.15) is 0 Å². The van der Waals surface area contributed by atoms with Gasteiger partial charge in [0, 0.05) is 18.8 Å². The van der Waals surface area contributed by atoms with Crippen molar-refractivity contribution in [3.05, 3.63) is 208 Å². The molecule has 0 radical (unpaired) electrons. The van der Waals surface area contributed by atoms with Crippen LogP contribution in [0.1, 0.15) is 90.6 Å². The summed E-state index contributed by atoms with van der Waals surface area (Å²) in [5.74, 6) is 0. The maximum absolute atomic E-state index is 2.65. The zero-order chi connectivity index (χ0) is 40.1. The Kier molecular flexibility index (Phi) is 9.21. The summed E-state index contributed by atoms with van der Waals surface area (Å²) in [7, 11) is 0. The van der Waals surface area contributed by atoms with E-state index < -0.39 is 0 Å². The van der Waals surface area contributed by atoms with E-state index in [9.17, 15) is 0 Å². The number of nitrogens with zero attached hydrogens (tertiary/aromatic N) is 1. The van der Waals surface area contributed by atoms with Gasteiger partial charge in [-0.25, -0.2) is 0 Å². The lowest BCUT2D eigenvalue weighted by Gasteiger charge is -2.48. The van der Waals surface area contributed by atoms with Crippen LogP contribution in [-0.2, 0) is 10.8 Å². The number of fused-ring (bicyclic) bond motifs is 3. The summed E-state index contributed by atoms with van der Waals surface area (Å²) in [6, 6.07) is 58.2. The molecule has 0 atom stereocenters. The SMILES string of the molecule is CC1(C)CCN2CCC(C)(C)c3cc(/C=C/c4ccc5cc(/C=C/c6ccc7cc(/C=C(/c8ccccc8)c8ccc9ccccc9c8)ccc7c6)ccc5c4)cc1c32. The van der Waals surface area contributed by atoms with Crippen molar-refractivity contribution in [2.75, 3.05) is 18.0 Å². The minimum atomic E-state index is 0.191. The quantitative estimate of drug-likeness (QED) is 0.146. The lowest BCUT2D eigenvalue weighted by Crippen LogP contribution is -2.44. The van der Waals surface area contributed by atoms with Crippen LogP contribution in [0.15, 0.2) is 158 Å². The van der Waals surface area contributed by atoms with E-state index in [1.165, 1.54) is 120 Å². The van der Waals surface area contributed by atoms with Crippen LogP contribution >= 0.6 is 0 Å². The third-order valence-electron chi connectivity index (χ3n) is 13.1.